The molecule has 3 heteroatoms. The lowest BCUT2D eigenvalue weighted by Crippen LogP contribution is -2.39. The van der Waals surface area contributed by atoms with Gasteiger partial charge in [-0.1, -0.05) is 0 Å². The number of piperidine rings is 1. The fourth-order valence-electron chi connectivity index (χ4n) is 2.32. The summed E-state index contributed by atoms with van der Waals surface area (Å²) in [6.07, 6.45) is 2.07. The summed E-state index contributed by atoms with van der Waals surface area (Å²) in [6.45, 7) is 3.91. The van der Waals surface area contributed by atoms with Gasteiger partial charge < -0.3 is 15.7 Å². The molecule has 1 aromatic carbocycles. The summed E-state index contributed by atoms with van der Waals surface area (Å²) in [5.41, 5.74) is 7.68. The van der Waals surface area contributed by atoms with Gasteiger partial charge in [0.1, 0.15) is 0 Å². The maximum atomic E-state index is 9.64. The lowest BCUT2D eigenvalue weighted by molar-refractivity contribution is 0.115. The molecule has 0 spiro atoms. The standard InChI is InChI=1S/C13H20N2O/c1-10(16)11-3-2-8-15(9-11)13-6-4-12(14)5-7-13/h4-7,10-11,16H,2-3,8-9,14H2,1H3/t10-,11+/m1/s1. The number of benzene rings is 1. The SMILES string of the molecule is C[C@@H](O)[C@H]1CCCN(c2ccc(N)cc2)C1. The van der Waals surface area contributed by atoms with Crippen LogP contribution in [-0.4, -0.2) is 24.3 Å². The highest BCUT2D eigenvalue weighted by Crippen LogP contribution is 2.25. The second-order valence-corrected chi connectivity index (χ2v) is 4.68. The van der Waals surface area contributed by atoms with Crippen molar-refractivity contribution < 1.29 is 5.11 Å². The summed E-state index contributed by atoms with van der Waals surface area (Å²) in [5.74, 6) is 0.395. The molecule has 1 aliphatic rings. The Morgan fingerprint density at radius 1 is 1.38 bits per heavy atom. The predicted octanol–water partition coefficient (Wildman–Crippen LogP) is 1.87. The van der Waals surface area contributed by atoms with Gasteiger partial charge in [-0.3, -0.25) is 0 Å². The summed E-state index contributed by atoms with van der Waals surface area (Å²) in [4.78, 5) is 2.33. The van der Waals surface area contributed by atoms with Crippen LogP contribution in [0.3, 0.4) is 0 Å². The van der Waals surface area contributed by atoms with Crippen LogP contribution in [0.4, 0.5) is 11.4 Å². The number of anilines is 2. The summed E-state index contributed by atoms with van der Waals surface area (Å²) in [7, 11) is 0. The van der Waals surface area contributed by atoms with Gasteiger partial charge in [0, 0.05) is 30.4 Å². The van der Waals surface area contributed by atoms with Crippen LogP contribution in [0.15, 0.2) is 24.3 Å². The third-order valence-electron chi connectivity index (χ3n) is 3.40. The normalized spacial score (nSPS) is 23.1. The lowest BCUT2D eigenvalue weighted by atomic mass is 9.93. The number of aliphatic hydroxyl groups is 1. The molecule has 88 valence electrons. The molecule has 0 saturated carbocycles. The first-order valence-corrected chi connectivity index (χ1v) is 5.95. The Kier molecular flexibility index (Phi) is 3.34. The van der Waals surface area contributed by atoms with Crippen LogP contribution in [0.5, 0.6) is 0 Å². The van der Waals surface area contributed by atoms with Crippen LogP contribution in [0.1, 0.15) is 19.8 Å². The van der Waals surface area contributed by atoms with E-state index in [1.807, 2.05) is 19.1 Å². The van der Waals surface area contributed by atoms with E-state index in [-0.39, 0.29) is 6.10 Å². The van der Waals surface area contributed by atoms with Crippen molar-refractivity contribution in [2.45, 2.75) is 25.9 Å². The first kappa shape index (κ1) is 11.3. The van der Waals surface area contributed by atoms with E-state index in [4.69, 9.17) is 5.73 Å². The Hall–Kier alpha value is -1.22. The highest BCUT2D eigenvalue weighted by Gasteiger charge is 2.23. The largest absolute Gasteiger partial charge is 0.399 e. The zero-order valence-corrected chi connectivity index (χ0v) is 9.76. The molecule has 1 fully saturated rings. The van der Waals surface area contributed by atoms with E-state index in [2.05, 4.69) is 17.0 Å². The molecule has 1 saturated heterocycles. The van der Waals surface area contributed by atoms with Gasteiger partial charge >= 0.3 is 0 Å². The van der Waals surface area contributed by atoms with E-state index in [1.54, 1.807) is 0 Å². The average molecular weight is 220 g/mol. The number of nitrogens with zero attached hydrogens (tertiary/aromatic N) is 1. The summed E-state index contributed by atoms with van der Waals surface area (Å²) >= 11 is 0. The number of nitrogen functional groups attached to an aromatic ring is 1. The third kappa shape index (κ3) is 2.47. The van der Waals surface area contributed by atoms with Crippen LogP contribution < -0.4 is 10.6 Å². The Morgan fingerprint density at radius 2 is 2.06 bits per heavy atom. The molecule has 0 bridgehead atoms. The Labute approximate surface area is 96.9 Å². The fourth-order valence-corrected chi connectivity index (χ4v) is 2.32. The van der Waals surface area contributed by atoms with Gasteiger partial charge in [0.25, 0.3) is 0 Å². The molecule has 0 aliphatic carbocycles. The number of rotatable bonds is 2. The Morgan fingerprint density at radius 3 is 2.69 bits per heavy atom. The van der Waals surface area contributed by atoms with Crippen LogP contribution >= 0.6 is 0 Å². The minimum absolute atomic E-state index is 0.211. The fraction of sp³-hybridized carbons (Fsp3) is 0.538. The number of hydrogen-bond acceptors (Lipinski definition) is 3. The first-order chi connectivity index (χ1) is 7.66. The van der Waals surface area contributed by atoms with Crippen LogP contribution in [0, 0.1) is 5.92 Å². The van der Waals surface area contributed by atoms with Crippen molar-refractivity contribution in [3.8, 4) is 0 Å². The van der Waals surface area contributed by atoms with E-state index < -0.39 is 0 Å². The molecule has 3 N–H and O–H groups in total. The number of nitrogens with two attached hydrogens (primary N) is 1. The maximum Gasteiger partial charge on any atom is 0.0557 e. The quantitative estimate of drug-likeness (QED) is 0.748. The molecular weight excluding hydrogens is 200 g/mol. The van der Waals surface area contributed by atoms with Crippen molar-refractivity contribution in [2.24, 2.45) is 5.92 Å². The predicted molar refractivity (Wildman–Crippen MR) is 67.5 cm³/mol. The van der Waals surface area contributed by atoms with Crippen molar-refractivity contribution >= 4 is 11.4 Å². The molecule has 2 atom stereocenters. The third-order valence-corrected chi connectivity index (χ3v) is 3.40. The van der Waals surface area contributed by atoms with Gasteiger partial charge in [0.15, 0.2) is 0 Å². The van der Waals surface area contributed by atoms with E-state index in [9.17, 15) is 5.11 Å². The lowest BCUT2D eigenvalue weighted by Gasteiger charge is -2.35. The minimum atomic E-state index is -0.211. The van der Waals surface area contributed by atoms with E-state index in [0.29, 0.717) is 5.92 Å². The van der Waals surface area contributed by atoms with Gasteiger partial charge in [-0.15, -0.1) is 0 Å². The number of hydrogen-bond donors (Lipinski definition) is 2. The van der Waals surface area contributed by atoms with Crippen LogP contribution in [-0.2, 0) is 0 Å². The van der Waals surface area contributed by atoms with Crippen LogP contribution in [0.2, 0.25) is 0 Å². The van der Waals surface area contributed by atoms with Crippen molar-refractivity contribution in [3.05, 3.63) is 24.3 Å². The molecule has 3 nitrogen and oxygen atoms in total. The average Bonchev–Trinajstić information content (AvgIpc) is 2.30. The molecule has 1 aromatic rings. The first-order valence-electron chi connectivity index (χ1n) is 5.95. The van der Waals surface area contributed by atoms with E-state index in [0.717, 1.165) is 31.6 Å². The molecule has 0 radical (unpaired) electrons. The topological polar surface area (TPSA) is 49.5 Å². The Balaban J connectivity index is 2.06. The molecule has 0 aromatic heterocycles. The zero-order chi connectivity index (χ0) is 11.5. The van der Waals surface area contributed by atoms with Gasteiger partial charge in [-0.05, 0) is 44.0 Å². The van der Waals surface area contributed by atoms with Crippen molar-refractivity contribution in [1.82, 2.24) is 0 Å². The molecular formula is C13H20N2O. The van der Waals surface area contributed by atoms with Crippen molar-refractivity contribution in [1.29, 1.82) is 0 Å². The molecule has 0 amide bonds. The number of aliphatic hydroxyl groups excluding tert-OH is 1. The highest BCUT2D eigenvalue weighted by atomic mass is 16.3. The molecule has 16 heavy (non-hydrogen) atoms. The van der Waals surface area contributed by atoms with Gasteiger partial charge in [0.05, 0.1) is 6.10 Å². The minimum Gasteiger partial charge on any atom is -0.399 e. The molecule has 0 unspecified atom stereocenters. The second kappa shape index (κ2) is 4.74. The van der Waals surface area contributed by atoms with Crippen molar-refractivity contribution in [2.75, 3.05) is 23.7 Å². The summed E-state index contributed by atoms with van der Waals surface area (Å²) in [6, 6.07) is 7.97. The molecule has 1 heterocycles. The van der Waals surface area contributed by atoms with Crippen LogP contribution in [0.25, 0.3) is 0 Å². The van der Waals surface area contributed by atoms with Crippen molar-refractivity contribution in [3.63, 3.8) is 0 Å². The smallest absolute Gasteiger partial charge is 0.0557 e. The highest BCUT2D eigenvalue weighted by molar-refractivity contribution is 5.53. The monoisotopic (exact) mass is 220 g/mol. The zero-order valence-electron chi connectivity index (χ0n) is 9.76. The van der Waals surface area contributed by atoms with E-state index >= 15 is 0 Å². The summed E-state index contributed by atoms with van der Waals surface area (Å²) < 4.78 is 0. The Bertz CT molecular complexity index is 334. The van der Waals surface area contributed by atoms with Gasteiger partial charge in [-0.2, -0.15) is 0 Å². The molecule has 2 rings (SSSR count). The van der Waals surface area contributed by atoms with E-state index in [1.165, 1.54) is 5.69 Å². The summed E-state index contributed by atoms with van der Waals surface area (Å²) in [5, 5.41) is 9.64. The maximum absolute atomic E-state index is 9.64. The van der Waals surface area contributed by atoms with Gasteiger partial charge in [-0.25, -0.2) is 0 Å². The second-order valence-electron chi connectivity index (χ2n) is 4.68. The van der Waals surface area contributed by atoms with Gasteiger partial charge in [0.2, 0.25) is 0 Å². The molecule has 1 aliphatic heterocycles.